The van der Waals surface area contributed by atoms with Crippen molar-refractivity contribution in [2.24, 2.45) is 0 Å². The minimum atomic E-state index is 0.386. The zero-order chi connectivity index (χ0) is 13.1. The lowest BCUT2D eigenvalue weighted by Crippen LogP contribution is -1.88. The Balaban J connectivity index is 1.87. The summed E-state index contributed by atoms with van der Waals surface area (Å²) in [5, 5.41) is 1.26. The third kappa shape index (κ3) is 2.43. The molecule has 1 aromatic carbocycles. The van der Waals surface area contributed by atoms with E-state index in [1.807, 2.05) is 18.5 Å². The van der Waals surface area contributed by atoms with Crippen molar-refractivity contribution in [1.29, 1.82) is 0 Å². The minimum absolute atomic E-state index is 0.386. The van der Waals surface area contributed by atoms with Crippen LogP contribution in [-0.4, -0.2) is 9.97 Å². The van der Waals surface area contributed by atoms with Crippen molar-refractivity contribution in [2.75, 3.05) is 0 Å². The molecular formula is C17H16N2. The molecule has 0 aliphatic rings. The molecule has 2 aromatic heterocycles. The summed E-state index contributed by atoms with van der Waals surface area (Å²) < 4.78 is 0. The van der Waals surface area contributed by atoms with Gasteiger partial charge in [0.15, 0.2) is 0 Å². The molecule has 0 bridgehead atoms. The van der Waals surface area contributed by atoms with Crippen LogP contribution in [0.5, 0.6) is 0 Å². The molecule has 19 heavy (non-hydrogen) atoms. The first-order valence-corrected chi connectivity index (χ1v) is 6.49. The zero-order valence-corrected chi connectivity index (χ0v) is 10.9. The van der Waals surface area contributed by atoms with Crippen molar-refractivity contribution >= 4 is 17.0 Å². The highest BCUT2D eigenvalue weighted by atomic mass is 14.7. The third-order valence-electron chi connectivity index (χ3n) is 3.42. The quantitative estimate of drug-likeness (QED) is 0.732. The summed E-state index contributed by atoms with van der Waals surface area (Å²) in [6.07, 6.45) is 10.1. The van der Waals surface area contributed by atoms with Gasteiger partial charge in [-0.3, -0.25) is 4.98 Å². The average molecular weight is 248 g/mol. The van der Waals surface area contributed by atoms with E-state index in [1.54, 1.807) is 0 Å². The number of aromatic amines is 1. The number of rotatable bonds is 3. The number of H-pyrrole nitrogens is 1. The van der Waals surface area contributed by atoms with Gasteiger partial charge in [0.05, 0.1) is 0 Å². The van der Waals surface area contributed by atoms with E-state index >= 15 is 0 Å². The number of benzene rings is 1. The SMILES string of the molecule is CC(/C=C/c1c[nH]c2ccccc12)c1ccncc1. The molecule has 2 heteroatoms. The molecule has 1 N–H and O–H groups in total. The molecule has 0 aliphatic carbocycles. The molecule has 94 valence electrons. The second-order valence-corrected chi connectivity index (χ2v) is 4.72. The van der Waals surface area contributed by atoms with Crippen molar-refractivity contribution in [1.82, 2.24) is 9.97 Å². The first kappa shape index (κ1) is 11.7. The van der Waals surface area contributed by atoms with Crippen LogP contribution in [0.15, 0.2) is 61.1 Å². The monoisotopic (exact) mass is 248 g/mol. The lowest BCUT2D eigenvalue weighted by atomic mass is 10.0. The predicted molar refractivity (Wildman–Crippen MR) is 80.0 cm³/mol. The maximum atomic E-state index is 4.05. The van der Waals surface area contributed by atoms with E-state index in [4.69, 9.17) is 0 Å². The first-order valence-electron chi connectivity index (χ1n) is 6.49. The number of hydrogen-bond donors (Lipinski definition) is 1. The van der Waals surface area contributed by atoms with E-state index in [0.717, 1.165) is 0 Å². The van der Waals surface area contributed by atoms with Gasteiger partial charge in [-0.15, -0.1) is 0 Å². The Labute approximate surface area is 112 Å². The molecular weight excluding hydrogens is 232 g/mol. The highest BCUT2D eigenvalue weighted by Gasteiger charge is 2.02. The Hall–Kier alpha value is -2.35. The summed E-state index contributed by atoms with van der Waals surface area (Å²) in [6, 6.07) is 12.5. The Morgan fingerprint density at radius 3 is 2.74 bits per heavy atom. The van der Waals surface area contributed by atoms with Gasteiger partial charge < -0.3 is 4.98 Å². The molecule has 0 fully saturated rings. The number of aromatic nitrogens is 2. The molecule has 0 radical (unpaired) electrons. The Kier molecular flexibility index (Phi) is 3.15. The number of fused-ring (bicyclic) bond motifs is 1. The number of para-hydroxylation sites is 1. The lowest BCUT2D eigenvalue weighted by molar-refractivity contribution is 0.966. The van der Waals surface area contributed by atoms with Crippen LogP contribution < -0.4 is 0 Å². The van der Waals surface area contributed by atoms with Gasteiger partial charge in [0.2, 0.25) is 0 Å². The highest BCUT2D eigenvalue weighted by molar-refractivity contribution is 5.88. The fraction of sp³-hybridized carbons (Fsp3) is 0.118. The van der Waals surface area contributed by atoms with Crippen LogP contribution in [0.1, 0.15) is 24.0 Å². The van der Waals surface area contributed by atoms with Gasteiger partial charge in [-0.2, -0.15) is 0 Å². The maximum Gasteiger partial charge on any atom is 0.0460 e. The van der Waals surface area contributed by atoms with Gasteiger partial charge in [0.25, 0.3) is 0 Å². The van der Waals surface area contributed by atoms with Crippen LogP contribution in [0.2, 0.25) is 0 Å². The third-order valence-corrected chi connectivity index (χ3v) is 3.42. The summed E-state index contributed by atoms with van der Waals surface area (Å²) in [4.78, 5) is 7.34. The first-order chi connectivity index (χ1) is 9.34. The van der Waals surface area contributed by atoms with Gasteiger partial charge >= 0.3 is 0 Å². The fourth-order valence-corrected chi connectivity index (χ4v) is 2.26. The van der Waals surface area contributed by atoms with Crippen LogP contribution in [0.25, 0.3) is 17.0 Å². The van der Waals surface area contributed by atoms with E-state index in [0.29, 0.717) is 5.92 Å². The second-order valence-electron chi connectivity index (χ2n) is 4.72. The van der Waals surface area contributed by atoms with E-state index in [1.165, 1.54) is 22.0 Å². The van der Waals surface area contributed by atoms with Gasteiger partial charge in [-0.1, -0.05) is 37.3 Å². The van der Waals surface area contributed by atoms with E-state index in [9.17, 15) is 0 Å². The minimum Gasteiger partial charge on any atom is -0.361 e. The molecule has 2 heterocycles. The molecule has 3 rings (SSSR count). The van der Waals surface area contributed by atoms with Crippen LogP contribution in [0.4, 0.5) is 0 Å². The topological polar surface area (TPSA) is 28.7 Å². The summed E-state index contributed by atoms with van der Waals surface area (Å²) in [7, 11) is 0. The molecule has 1 unspecified atom stereocenters. The molecule has 0 amide bonds. The summed E-state index contributed by atoms with van der Waals surface area (Å²) in [6.45, 7) is 2.20. The summed E-state index contributed by atoms with van der Waals surface area (Å²) in [5.41, 5.74) is 3.70. The molecule has 0 spiro atoms. The lowest BCUT2D eigenvalue weighted by Gasteiger charge is -2.05. The summed E-state index contributed by atoms with van der Waals surface area (Å²) in [5.74, 6) is 0.386. The number of allylic oxidation sites excluding steroid dienone is 1. The summed E-state index contributed by atoms with van der Waals surface area (Å²) >= 11 is 0. The molecule has 1 atom stereocenters. The average Bonchev–Trinajstić information content (AvgIpc) is 2.89. The van der Waals surface area contributed by atoms with Crippen LogP contribution in [0.3, 0.4) is 0 Å². The highest BCUT2D eigenvalue weighted by Crippen LogP contribution is 2.22. The van der Waals surface area contributed by atoms with Crippen molar-refractivity contribution < 1.29 is 0 Å². The Morgan fingerprint density at radius 1 is 1.11 bits per heavy atom. The normalized spacial score (nSPS) is 13.1. The predicted octanol–water partition coefficient (Wildman–Crippen LogP) is 4.38. The fourth-order valence-electron chi connectivity index (χ4n) is 2.26. The van der Waals surface area contributed by atoms with Crippen LogP contribution in [0, 0.1) is 0 Å². The zero-order valence-electron chi connectivity index (χ0n) is 10.9. The largest absolute Gasteiger partial charge is 0.361 e. The molecule has 0 saturated heterocycles. The van der Waals surface area contributed by atoms with Crippen molar-refractivity contribution in [3.63, 3.8) is 0 Å². The number of pyridine rings is 1. The van der Waals surface area contributed by atoms with Crippen LogP contribution in [-0.2, 0) is 0 Å². The van der Waals surface area contributed by atoms with Gasteiger partial charge in [0.1, 0.15) is 0 Å². The van der Waals surface area contributed by atoms with Gasteiger partial charge in [-0.05, 0) is 35.2 Å². The number of hydrogen-bond acceptors (Lipinski definition) is 1. The van der Waals surface area contributed by atoms with Gasteiger partial charge in [-0.25, -0.2) is 0 Å². The molecule has 0 saturated carbocycles. The van der Waals surface area contributed by atoms with Crippen molar-refractivity contribution in [3.05, 3.63) is 72.2 Å². The maximum absolute atomic E-state index is 4.05. The number of nitrogens with one attached hydrogen (secondary N) is 1. The van der Waals surface area contributed by atoms with Crippen LogP contribution >= 0.6 is 0 Å². The van der Waals surface area contributed by atoms with E-state index < -0.39 is 0 Å². The molecule has 3 aromatic rings. The molecule has 2 nitrogen and oxygen atoms in total. The Morgan fingerprint density at radius 2 is 1.89 bits per heavy atom. The van der Waals surface area contributed by atoms with Gasteiger partial charge in [0, 0.05) is 29.5 Å². The second kappa shape index (κ2) is 5.11. The van der Waals surface area contributed by atoms with Crippen molar-refractivity contribution in [3.8, 4) is 0 Å². The Bertz CT molecular complexity index is 695. The van der Waals surface area contributed by atoms with E-state index in [2.05, 4.69) is 65.6 Å². The standard InChI is InChI=1S/C17H16N2/c1-13(14-8-10-18-11-9-14)6-7-15-12-19-17-5-3-2-4-16(15)17/h2-13,19H,1H3/b7-6+. The molecule has 0 aliphatic heterocycles. The van der Waals surface area contributed by atoms with Crippen molar-refractivity contribution in [2.45, 2.75) is 12.8 Å². The van der Waals surface area contributed by atoms with E-state index in [-0.39, 0.29) is 0 Å². The number of nitrogens with zero attached hydrogens (tertiary/aromatic N) is 1. The smallest absolute Gasteiger partial charge is 0.0460 e.